The van der Waals surface area contributed by atoms with Crippen LogP contribution in [0, 0.1) is 0 Å². The number of anilines is 1. The number of nitrogens with zero attached hydrogens (tertiary/aromatic N) is 1. The number of nitrogens with one attached hydrogen (secondary N) is 1. The quantitative estimate of drug-likeness (QED) is 0.373. The van der Waals surface area contributed by atoms with E-state index in [0.717, 1.165) is 18.8 Å². The highest BCUT2D eigenvalue weighted by Crippen LogP contribution is 2.25. The van der Waals surface area contributed by atoms with Crippen molar-refractivity contribution in [2.24, 2.45) is 10.7 Å². The Kier molecular flexibility index (Phi) is 5.75. The molecule has 130 valence electrons. The second kappa shape index (κ2) is 8.05. The van der Waals surface area contributed by atoms with Crippen LogP contribution >= 0.6 is 0 Å². The first-order valence-corrected chi connectivity index (χ1v) is 8.80. The van der Waals surface area contributed by atoms with Crippen LogP contribution in [0.25, 0.3) is 0 Å². The minimum absolute atomic E-state index is 0.0138. The summed E-state index contributed by atoms with van der Waals surface area (Å²) in [5.74, 6) is -0.241. The molecule has 1 heterocycles. The Balaban J connectivity index is 1.88. The van der Waals surface area contributed by atoms with Gasteiger partial charge in [-0.25, -0.2) is 0 Å². The molecule has 0 saturated carbocycles. The Bertz CT molecular complexity index is 891. The Hall–Kier alpha value is -2.47. The minimum Gasteiger partial charge on any atom is -0.398 e. The predicted octanol–water partition coefficient (Wildman–Crippen LogP) is -1.03. The van der Waals surface area contributed by atoms with Crippen LogP contribution < -0.4 is 33.2 Å². The molecular weight excluding hydrogens is 333 g/mol. The average Bonchev–Trinajstić information content (AvgIpc) is 2.67. The lowest BCUT2D eigenvalue weighted by atomic mass is 9.68. The van der Waals surface area contributed by atoms with E-state index in [2.05, 4.69) is 22.4 Å². The first-order chi connectivity index (χ1) is 12.9. The largest absolute Gasteiger partial charge is 0.398 e. The molecular formula is C19H19B3N4O. The number of nitrogens with two attached hydrogens (primary N) is 2. The normalized spacial score (nSPS) is 17.3. The number of primary amides is 1. The SMILES string of the molecule is [B]c1c([B])c(C=Nc2ccc(C3CCCNC3)cc2)c(N)c(C(N)=O)c1[B]. The molecule has 1 aliphatic heterocycles. The first kappa shape index (κ1) is 19.3. The van der Waals surface area contributed by atoms with E-state index in [9.17, 15) is 4.79 Å². The van der Waals surface area contributed by atoms with Crippen molar-refractivity contribution in [2.75, 3.05) is 18.8 Å². The molecule has 2 aromatic carbocycles. The second-order valence-corrected chi connectivity index (χ2v) is 6.70. The van der Waals surface area contributed by atoms with Crippen LogP contribution in [0.5, 0.6) is 0 Å². The standard InChI is InChI=1S/C19H19B3N4O/c20-15-13(18(23)14(19(24)27)16(21)17(15)22)9-26-12-5-3-10(4-6-12)11-2-1-7-25-8-11/h3-6,9,11,25H,1-2,7-8,23H2,(H2,24,27). The number of carbonyl (C=O) groups is 1. The molecule has 1 fully saturated rings. The zero-order valence-electron chi connectivity index (χ0n) is 15.0. The van der Waals surface area contributed by atoms with E-state index in [-0.39, 0.29) is 27.6 Å². The maximum atomic E-state index is 11.6. The molecule has 5 N–H and O–H groups in total. The monoisotopic (exact) mass is 352 g/mol. The number of carbonyl (C=O) groups excluding carboxylic acids is 1. The molecule has 0 spiro atoms. The number of hydrogen-bond donors (Lipinski definition) is 3. The van der Waals surface area contributed by atoms with Gasteiger partial charge in [-0.3, -0.25) is 9.79 Å². The van der Waals surface area contributed by atoms with Crippen molar-refractivity contribution < 1.29 is 4.79 Å². The topological polar surface area (TPSA) is 93.5 Å². The number of benzene rings is 2. The van der Waals surface area contributed by atoms with Gasteiger partial charge in [0, 0.05) is 18.3 Å². The van der Waals surface area contributed by atoms with E-state index in [4.69, 9.17) is 35.0 Å². The smallest absolute Gasteiger partial charge is 0.250 e. The summed E-state index contributed by atoms with van der Waals surface area (Å²) in [6.45, 7) is 2.08. The van der Waals surface area contributed by atoms with Crippen LogP contribution in [0.3, 0.4) is 0 Å². The Morgan fingerprint density at radius 2 is 1.85 bits per heavy atom. The molecule has 0 aliphatic carbocycles. The van der Waals surface area contributed by atoms with Crippen molar-refractivity contribution in [3.63, 3.8) is 0 Å². The van der Waals surface area contributed by atoms with Crippen LogP contribution in [0.4, 0.5) is 11.4 Å². The van der Waals surface area contributed by atoms with Crippen LogP contribution in [0.15, 0.2) is 29.3 Å². The molecule has 1 unspecified atom stereocenters. The first-order valence-electron chi connectivity index (χ1n) is 8.80. The van der Waals surface area contributed by atoms with Gasteiger partial charge >= 0.3 is 0 Å². The van der Waals surface area contributed by atoms with Crippen LogP contribution in [-0.2, 0) is 0 Å². The van der Waals surface area contributed by atoms with E-state index in [1.807, 2.05) is 12.1 Å². The van der Waals surface area contributed by atoms with Gasteiger partial charge in [-0.1, -0.05) is 23.1 Å². The van der Waals surface area contributed by atoms with Crippen LogP contribution in [0.2, 0.25) is 0 Å². The Morgan fingerprint density at radius 1 is 1.15 bits per heavy atom. The zero-order chi connectivity index (χ0) is 19.6. The molecule has 27 heavy (non-hydrogen) atoms. The molecule has 5 nitrogen and oxygen atoms in total. The highest BCUT2D eigenvalue weighted by Gasteiger charge is 2.17. The van der Waals surface area contributed by atoms with Crippen molar-refractivity contribution in [1.29, 1.82) is 0 Å². The molecule has 1 atom stereocenters. The number of nitrogen functional groups attached to an aromatic ring is 1. The molecule has 8 heteroatoms. The van der Waals surface area contributed by atoms with Crippen molar-refractivity contribution >= 4 is 63.4 Å². The van der Waals surface area contributed by atoms with Crippen molar-refractivity contribution in [3.8, 4) is 0 Å². The molecule has 1 amide bonds. The Morgan fingerprint density at radius 3 is 2.44 bits per heavy atom. The van der Waals surface area contributed by atoms with Gasteiger partial charge in [-0.15, -0.1) is 5.46 Å². The number of rotatable bonds is 4. The predicted molar refractivity (Wildman–Crippen MR) is 114 cm³/mol. The lowest BCUT2D eigenvalue weighted by Gasteiger charge is -2.23. The summed E-state index contributed by atoms with van der Waals surface area (Å²) in [6, 6.07) is 8.01. The summed E-state index contributed by atoms with van der Waals surface area (Å²) in [5.41, 5.74) is 14.0. The summed E-state index contributed by atoms with van der Waals surface area (Å²) in [4.78, 5) is 16.0. The summed E-state index contributed by atoms with van der Waals surface area (Å²) < 4.78 is 0. The van der Waals surface area contributed by atoms with Crippen molar-refractivity contribution in [2.45, 2.75) is 18.8 Å². The van der Waals surface area contributed by atoms with E-state index in [1.54, 1.807) is 0 Å². The summed E-state index contributed by atoms with van der Waals surface area (Å²) in [6.07, 6.45) is 3.84. The maximum absolute atomic E-state index is 11.6. The average molecular weight is 352 g/mol. The zero-order valence-corrected chi connectivity index (χ0v) is 15.0. The highest BCUT2D eigenvalue weighted by molar-refractivity contribution is 6.60. The lowest BCUT2D eigenvalue weighted by molar-refractivity contribution is 0.100. The third kappa shape index (κ3) is 3.95. The number of hydrogen-bond acceptors (Lipinski definition) is 4. The summed E-state index contributed by atoms with van der Waals surface area (Å²) >= 11 is 0. The fraction of sp³-hybridized carbons (Fsp3) is 0.263. The van der Waals surface area contributed by atoms with E-state index in [0.29, 0.717) is 11.5 Å². The van der Waals surface area contributed by atoms with Gasteiger partial charge in [0.05, 0.1) is 16.9 Å². The number of aliphatic imine (C=N–C) groups is 1. The van der Waals surface area contributed by atoms with Gasteiger partial charge in [0.2, 0.25) is 5.91 Å². The maximum Gasteiger partial charge on any atom is 0.250 e. The van der Waals surface area contributed by atoms with Gasteiger partial charge in [0.1, 0.15) is 23.5 Å². The third-order valence-corrected chi connectivity index (χ3v) is 4.95. The fourth-order valence-corrected chi connectivity index (χ4v) is 3.36. The number of piperidine rings is 1. The van der Waals surface area contributed by atoms with Crippen LogP contribution in [-0.4, -0.2) is 48.8 Å². The third-order valence-electron chi connectivity index (χ3n) is 4.95. The van der Waals surface area contributed by atoms with Gasteiger partial charge in [-0.2, -0.15) is 0 Å². The molecule has 2 aromatic rings. The van der Waals surface area contributed by atoms with Crippen molar-refractivity contribution in [1.82, 2.24) is 5.32 Å². The lowest BCUT2D eigenvalue weighted by Crippen LogP contribution is -2.46. The molecule has 3 rings (SSSR count). The van der Waals surface area contributed by atoms with Gasteiger partial charge in [0.25, 0.3) is 0 Å². The van der Waals surface area contributed by atoms with Crippen molar-refractivity contribution in [3.05, 3.63) is 41.0 Å². The molecule has 6 radical (unpaired) electrons. The molecule has 1 aliphatic rings. The highest BCUT2D eigenvalue weighted by atomic mass is 16.1. The molecule has 0 bridgehead atoms. The Labute approximate surface area is 163 Å². The van der Waals surface area contributed by atoms with E-state index >= 15 is 0 Å². The fourth-order valence-electron chi connectivity index (χ4n) is 3.36. The van der Waals surface area contributed by atoms with Gasteiger partial charge in [0.15, 0.2) is 0 Å². The van der Waals surface area contributed by atoms with E-state index in [1.165, 1.54) is 24.6 Å². The van der Waals surface area contributed by atoms with Gasteiger partial charge < -0.3 is 16.8 Å². The molecule has 1 saturated heterocycles. The van der Waals surface area contributed by atoms with E-state index < -0.39 is 5.91 Å². The number of amides is 1. The van der Waals surface area contributed by atoms with Gasteiger partial charge in [-0.05, 0) is 43.0 Å². The summed E-state index contributed by atoms with van der Waals surface area (Å²) in [5, 5.41) is 3.41. The van der Waals surface area contributed by atoms with Crippen LogP contribution in [0.1, 0.15) is 40.2 Å². The minimum atomic E-state index is -0.767. The summed E-state index contributed by atoms with van der Waals surface area (Å²) in [7, 11) is 17.7. The molecule has 0 aromatic heterocycles. The second-order valence-electron chi connectivity index (χ2n) is 6.70.